The molecule has 19 heavy (non-hydrogen) atoms. The Hall–Kier alpha value is -2.02. The van der Waals surface area contributed by atoms with E-state index in [-0.39, 0.29) is 5.75 Å². The highest BCUT2D eigenvalue weighted by molar-refractivity contribution is 7.99. The number of pyridine rings is 1. The SMILES string of the molecule is CCOc1ccc(-n2ccnc2SCC(=O)O)cn1. The lowest BCUT2D eigenvalue weighted by atomic mass is 10.4. The van der Waals surface area contributed by atoms with Gasteiger partial charge in [0.1, 0.15) is 0 Å². The van der Waals surface area contributed by atoms with Gasteiger partial charge in [0.2, 0.25) is 5.88 Å². The van der Waals surface area contributed by atoms with E-state index in [1.165, 1.54) is 0 Å². The first-order chi connectivity index (χ1) is 9.20. The van der Waals surface area contributed by atoms with E-state index in [0.29, 0.717) is 17.6 Å². The predicted molar refractivity (Wildman–Crippen MR) is 70.9 cm³/mol. The molecule has 0 aliphatic carbocycles. The third kappa shape index (κ3) is 3.47. The first-order valence-corrected chi connectivity index (χ1v) is 6.66. The van der Waals surface area contributed by atoms with Crippen LogP contribution in [-0.2, 0) is 4.79 Å². The van der Waals surface area contributed by atoms with E-state index in [2.05, 4.69) is 9.97 Å². The van der Waals surface area contributed by atoms with Crippen LogP contribution in [-0.4, -0.2) is 38.0 Å². The summed E-state index contributed by atoms with van der Waals surface area (Å²) < 4.78 is 7.06. The van der Waals surface area contributed by atoms with Crippen molar-refractivity contribution < 1.29 is 14.6 Å². The second-order valence-corrected chi connectivity index (χ2v) is 4.49. The fourth-order valence-electron chi connectivity index (χ4n) is 1.47. The molecular formula is C12H13N3O3S. The van der Waals surface area contributed by atoms with Crippen molar-refractivity contribution in [1.29, 1.82) is 0 Å². The van der Waals surface area contributed by atoms with Crippen LogP contribution in [0.2, 0.25) is 0 Å². The van der Waals surface area contributed by atoms with Crippen molar-refractivity contribution in [2.24, 2.45) is 0 Å². The molecule has 0 saturated carbocycles. The van der Waals surface area contributed by atoms with Crippen LogP contribution in [0.25, 0.3) is 5.69 Å². The molecule has 0 atom stereocenters. The molecule has 2 aromatic rings. The number of aromatic nitrogens is 3. The Morgan fingerprint density at radius 1 is 1.47 bits per heavy atom. The molecule has 0 radical (unpaired) electrons. The summed E-state index contributed by atoms with van der Waals surface area (Å²) in [4.78, 5) is 18.9. The molecular weight excluding hydrogens is 266 g/mol. The highest BCUT2D eigenvalue weighted by Gasteiger charge is 2.08. The molecule has 6 nitrogen and oxygen atoms in total. The van der Waals surface area contributed by atoms with Crippen molar-refractivity contribution in [1.82, 2.24) is 14.5 Å². The summed E-state index contributed by atoms with van der Waals surface area (Å²) in [5.41, 5.74) is 0.814. The lowest BCUT2D eigenvalue weighted by Crippen LogP contribution is -2.02. The Bertz CT molecular complexity index is 554. The molecule has 0 saturated heterocycles. The van der Waals surface area contributed by atoms with Gasteiger partial charge in [-0.05, 0) is 13.0 Å². The fourth-order valence-corrected chi connectivity index (χ4v) is 2.16. The standard InChI is InChI=1S/C12H13N3O3S/c1-2-18-10-4-3-9(7-14-10)15-6-5-13-12(15)19-8-11(16)17/h3-7H,2,8H2,1H3,(H,16,17). The summed E-state index contributed by atoms with van der Waals surface area (Å²) in [6.45, 7) is 2.46. The molecule has 0 fully saturated rings. The van der Waals surface area contributed by atoms with Gasteiger partial charge in [-0.25, -0.2) is 9.97 Å². The number of thioether (sulfide) groups is 1. The van der Waals surface area contributed by atoms with Gasteiger partial charge in [-0.15, -0.1) is 0 Å². The number of carbonyl (C=O) groups is 1. The van der Waals surface area contributed by atoms with Gasteiger partial charge >= 0.3 is 5.97 Å². The zero-order valence-corrected chi connectivity index (χ0v) is 11.1. The molecule has 100 valence electrons. The molecule has 0 aromatic carbocycles. The van der Waals surface area contributed by atoms with Crippen molar-refractivity contribution in [2.45, 2.75) is 12.1 Å². The molecule has 0 amide bonds. The smallest absolute Gasteiger partial charge is 0.313 e. The summed E-state index contributed by atoms with van der Waals surface area (Å²) in [6, 6.07) is 3.62. The quantitative estimate of drug-likeness (QED) is 0.813. The van der Waals surface area contributed by atoms with Crippen molar-refractivity contribution in [2.75, 3.05) is 12.4 Å². The van der Waals surface area contributed by atoms with Crippen LogP contribution in [0.15, 0.2) is 35.9 Å². The third-order valence-corrected chi connectivity index (χ3v) is 3.17. The van der Waals surface area contributed by atoms with Crippen LogP contribution in [0.3, 0.4) is 0 Å². The second-order valence-electron chi connectivity index (χ2n) is 3.55. The number of imidazole rings is 1. The average molecular weight is 279 g/mol. The Kier molecular flexibility index (Phi) is 4.40. The molecule has 0 aliphatic rings. The average Bonchev–Trinajstić information content (AvgIpc) is 2.86. The van der Waals surface area contributed by atoms with Gasteiger partial charge < -0.3 is 9.84 Å². The number of rotatable bonds is 6. The maximum atomic E-state index is 10.6. The van der Waals surface area contributed by atoms with Crippen LogP contribution in [0, 0.1) is 0 Å². The van der Waals surface area contributed by atoms with E-state index in [1.54, 1.807) is 29.2 Å². The van der Waals surface area contributed by atoms with Gasteiger partial charge in [0.15, 0.2) is 5.16 Å². The van der Waals surface area contributed by atoms with E-state index in [1.807, 2.05) is 13.0 Å². The van der Waals surface area contributed by atoms with Crippen molar-refractivity contribution in [3.8, 4) is 11.6 Å². The molecule has 2 heterocycles. The maximum absolute atomic E-state index is 10.6. The zero-order valence-electron chi connectivity index (χ0n) is 10.3. The minimum absolute atomic E-state index is 0.0263. The predicted octanol–water partition coefficient (Wildman–Crippen LogP) is 1.84. The van der Waals surface area contributed by atoms with Gasteiger partial charge in [0.05, 0.1) is 24.2 Å². The molecule has 1 N–H and O–H groups in total. The van der Waals surface area contributed by atoms with E-state index in [4.69, 9.17) is 9.84 Å². The van der Waals surface area contributed by atoms with E-state index in [9.17, 15) is 4.79 Å². The number of carboxylic acid groups (broad SMARTS) is 1. The normalized spacial score (nSPS) is 10.4. The van der Waals surface area contributed by atoms with Crippen molar-refractivity contribution in [3.05, 3.63) is 30.7 Å². The third-order valence-electron chi connectivity index (χ3n) is 2.22. The number of aliphatic carboxylic acids is 1. The van der Waals surface area contributed by atoms with Gasteiger partial charge in [-0.2, -0.15) is 0 Å². The van der Waals surface area contributed by atoms with E-state index in [0.717, 1.165) is 17.4 Å². The van der Waals surface area contributed by atoms with E-state index >= 15 is 0 Å². The zero-order chi connectivity index (χ0) is 13.7. The summed E-state index contributed by atoms with van der Waals surface area (Å²) >= 11 is 1.16. The minimum atomic E-state index is -0.871. The van der Waals surface area contributed by atoms with Crippen LogP contribution in [0.4, 0.5) is 0 Å². The first kappa shape index (κ1) is 13.4. The second kappa shape index (κ2) is 6.24. The highest BCUT2D eigenvalue weighted by atomic mass is 32.2. The number of nitrogens with zero attached hydrogens (tertiary/aromatic N) is 3. The number of carboxylic acids is 1. The van der Waals surface area contributed by atoms with Gasteiger partial charge in [-0.3, -0.25) is 9.36 Å². The van der Waals surface area contributed by atoms with Gasteiger partial charge in [-0.1, -0.05) is 11.8 Å². The minimum Gasteiger partial charge on any atom is -0.481 e. The molecule has 0 bridgehead atoms. The molecule has 2 rings (SSSR count). The Balaban J connectivity index is 2.17. The summed E-state index contributed by atoms with van der Waals surface area (Å²) in [7, 11) is 0. The van der Waals surface area contributed by atoms with Crippen LogP contribution >= 0.6 is 11.8 Å². The topological polar surface area (TPSA) is 77.2 Å². The van der Waals surface area contributed by atoms with Crippen LogP contribution < -0.4 is 4.74 Å². The van der Waals surface area contributed by atoms with Gasteiger partial charge in [0.25, 0.3) is 0 Å². The number of hydrogen-bond donors (Lipinski definition) is 1. The van der Waals surface area contributed by atoms with Crippen LogP contribution in [0.5, 0.6) is 5.88 Å². The number of hydrogen-bond acceptors (Lipinski definition) is 5. The first-order valence-electron chi connectivity index (χ1n) is 5.68. The lowest BCUT2D eigenvalue weighted by Gasteiger charge is -2.07. The van der Waals surface area contributed by atoms with E-state index < -0.39 is 5.97 Å². The summed E-state index contributed by atoms with van der Waals surface area (Å²) in [5, 5.41) is 9.30. The molecule has 0 spiro atoms. The van der Waals surface area contributed by atoms with Gasteiger partial charge in [0, 0.05) is 18.5 Å². The molecule has 7 heteroatoms. The Morgan fingerprint density at radius 2 is 2.32 bits per heavy atom. The highest BCUT2D eigenvalue weighted by Crippen LogP contribution is 2.20. The monoisotopic (exact) mass is 279 g/mol. The Morgan fingerprint density at radius 3 is 2.95 bits per heavy atom. The molecule has 2 aromatic heterocycles. The van der Waals surface area contributed by atoms with Crippen LogP contribution in [0.1, 0.15) is 6.92 Å². The summed E-state index contributed by atoms with van der Waals surface area (Å²) in [5.74, 6) is -0.336. The molecule has 0 unspecified atom stereocenters. The maximum Gasteiger partial charge on any atom is 0.313 e. The Labute approximate surface area is 114 Å². The van der Waals surface area contributed by atoms with Crippen molar-refractivity contribution in [3.63, 3.8) is 0 Å². The summed E-state index contributed by atoms with van der Waals surface area (Å²) in [6.07, 6.45) is 5.06. The fraction of sp³-hybridized carbons (Fsp3) is 0.250. The number of ether oxygens (including phenoxy) is 1. The van der Waals surface area contributed by atoms with Crippen molar-refractivity contribution >= 4 is 17.7 Å². The lowest BCUT2D eigenvalue weighted by molar-refractivity contribution is -0.133. The molecule has 0 aliphatic heterocycles. The largest absolute Gasteiger partial charge is 0.481 e.